The normalized spacial score (nSPS) is 22.2. The van der Waals surface area contributed by atoms with Crippen LogP contribution in [0.1, 0.15) is 41.8 Å². The Bertz CT molecular complexity index is 1560. The Labute approximate surface area is 266 Å². The first-order valence-corrected chi connectivity index (χ1v) is 18.7. The average Bonchev–Trinajstić information content (AvgIpc) is 3.05. The predicted octanol–water partition coefficient (Wildman–Crippen LogP) is 5.95. The number of piperidine rings is 3. The van der Waals surface area contributed by atoms with Gasteiger partial charge in [-0.15, -0.1) is 6.58 Å². The van der Waals surface area contributed by atoms with Crippen molar-refractivity contribution in [3.8, 4) is 5.75 Å². The van der Waals surface area contributed by atoms with E-state index >= 15 is 0 Å². The van der Waals surface area contributed by atoms with Crippen LogP contribution < -0.4 is 13.4 Å². The molecule has 4 aromatic rings. The van der Waals surface area contributed by atoms with Crippen LogP contribution in [0.2, 0.25) is 5.21 Å². The summed E-state index contributed by atoms with van der Waals surface area (Å²) in [4.78, 5) is 17.7. The van der Waals surface area contributed by atoms with E-state index in [-0.39, 0.29) is 6.04 Å². The van der Waals surface area contributed by atoms with Gasteiger partial charge in [-0.3, -0.25) is 9.88 Å². The number of ether oxygens (including phenoxy) is 1. The molecule has 2 N–H and O–H groups in total. The Hall–Kier alpha value is -2.96. The van der Waals surface area contributed by atoms with Crippen molar-refractivity contribution in [2.45, 2.75) is 37.1 Å². The standard InChI is InChI=1S/C20H24N2O2.C15H14AsBrO2/c1-3-13-12-22-9-7-14(13)10-19(22)20(23)16-6-8-21-18-5-4-15(24-2)11-17(16)18;1-2-16(13-7-9-14(17)10-8-13)12-5-3-11(4-6-12)15(18)19/h3-6,8,11,13-14,19-20,23H,1,7,9-10,12H2,2H3;3-10H,2H2,1H3,(H,18,19)/t13-,14-,19-,20+;/m0./s1. The summed E-state index contributed by atoms with van der Waals surface area (Å²) < 4.78 is 9.12. The van der Waals surface area contributed by atoms with Crippen LogP contribution in [-0.2, 0) is 0 Å². The molecule has 7 rings (SSSR count). The van der Waals surface area contributed by atoms with Crippen LogP contribution in [0.25, 0.3) is 10.9 Å². The van der Waals surface area contributed by atoms with Gasteiger partial charge in [0.25, 0.3) is 0 Å². The number of benzene rings is 3. The fourth-order valence-corrected chi connectivity index (χ4v) is 10.9. The van der Waals surface area contributed by atoms with Crippen LogP contribution in [0, 0.1) is 11.8 Å². The van der Waals surface area contributed by atoms with Gasteiger partial charge in [-0.05, 0) is 61.1 Å². The molecule has 3 aliphatic rings. The summed E-state index contributed by atoms with van der Waals surface area (Å²) in [7, 11) is 1.66. The second kappa shape index (κ2) is 14.2. The molecule has 2 bridgehead atoms. The Morgan fingerprint density at radius 3 is 2.42 bits per heavy atom. The molecule has 3 aliphatic heterocycles. The summed E-state index contributed by atoms with van der Waals surface area (Å²) in [6, 6.07) is 23.8. The molecule has 3 fully saturated rings. The van der Waals surface area contributed by atoms with E-state index in [1.807, 2.05) is 36.4 Å². The number of nitrogens with zero attached hydrogens (tertiary/aromatic N) is 2. The van der Waals surface area contributed by atoms with E-state index in [0.29, 0.717) is 17.4 Å². The van der Waals surface area contributed by atoms with Gasteiger partial charge in [-0.1, -0.05) is 6.08 Å². The van der Waals surface area contributed by atoms with Gasteiger partial charge >= 0.3 is 126 Å². The van der Waals surface area contributed by atoms with Crippen molar-refractivity contribution in [3.05, 3.63) is 107 Å². The molecule has 0 saturated carbocycles. The van der Waals surface area contributed by atoms with Crippen molar-refractivity contribution in [2.24, 2.45) is 11.8 Å². The topological polar surface area (TPSA) is 82.9 Å². The molecule has 3 saturated heterocycles. The van der Waals surface area contributed by atoms with E-state index in [1.165, 1.54) is 15.1 Å². The van der Waals surface area contributed by atoms with Crippen LogP contribution in [0.3, 0.4) is 0 Å². The average molecular weight is 706 g/mol. The summed E-state index contributed by atoms with van der Waals surface area (Å²) in [6.07, 6.45) is 5.62. The van der Waals surface area contributed by atoms with Gasteiger partial charge < -0.3 is 9.84 Å². The minimum absolute atomic E-state index is 0.178. The van der Waals surface area contributed by atoms with Crippen molar-refractivity contribution < 1.29 is 19.7 Å². The Kier molecular flexibility index (Phi) is 10.4. The number of aromatic nitrogens is 1. The van der Waals surface area contributed by atoms with Crippen molar-refractivity contribution >= 4 is 56.2 Å². The molecular formula is C35H38AsBrN2O4. The first kappa shape index (κ1) is 31.5. The van der Waals surface area contributed by atoms with E-state index in [4.69, 9.17) is 9.84 Å². The zero-order valence-corrected chi connectivity index (χ0v) is 28.0. The third kappa shape index (κ3) is 7.07. The van der Waals surface area contributed by atoms with E-state index < -0.39 is 26.7 Å². The van der Waals surface area contributed by atoms with Crippen molar-refractivity contribution in [3.63, 3.8) is 0 Å². The van der Waals surface area contributed by atoms with Gasteiger partial charge in [0.05, 0.1) is 18.7 Å². The maximum atomic E-state index is 11.2. The summed E-state index contributed by atoms with van der Waals surface area (Å²) in [5.41, 5.74) is 2.20. The number of carboxylic acids is 1. The third-order valence-corrected chi connectivity index (χ3v) is 14.4. The first-order chi connectivity index (χ1) is 20.8. The van der Waals surface area contributed by atoms with E-state index in [0.717, 1.165) is 51.4 Å². The number of pyridine rings is 1. The van der Waals surface area contributed by atoms with Crippen molar-refractivity contribution in [1.82, 2.24) is 9.88 Å². The van der Waals surface area contributed by atoms with E-state index in [1.54, 1.807) is 25.4 Å². The molecule has 0 radical (unpaired) electrons. The number of methoxy groups -OCH3 is 1. The number of carbonyl (C=O) groups is 1. The Balaban J connectivity index is 0.000000177. The predicted molar refractivity (Wildman–Crippen MR) is 178 cm³/mol. The van der Waals surface area contributed by atoms with Crippen LogP contribution in [0.4, 0.5) is 0 Å². The SMILES string of the molecule is C=C[C@H]1CN2CC[C@H]1C[C@H]2[C@H](O)c1ccnc2ccc(OC)cc12.CC[As](c1ccc(Br)cc1)c1ccc(C(=O)O)cc1. The Morgan fingerprint density at radius 1 is 1.14 bits per heavy atom. The van der Waals surface area contributed by atoms with Crippen LogP contribution in [0.15, 0.2) is 96.1 Å². The Morgan fingerprint density at radius 2 is 1.84 bits per heavy atom. The fraction of sp³-hybridized carbons (Fsp3) is 0.314. The number of fused-ring (bicyclic) bond motifs is 4. The molecule has 43 heavy (non-hydrogen) atoms. The second-order valence-electron chi connectivity index (χ2n) is 11.0. The molecule has 4 heterocycles. The summed E-state index contributed by atoms with van der Waals surface area (Å²) >= 11 is 2.16. The molecule has 8 heteroatoms. The number of aliphatic hydroxyl groups is 1. The molecule has 0 spiro atoms. The van der Waals surface area contributed by atoms with Crippen molar-refractivity contribution in [2.75, 3.05) is 20.2 Å². The molecule has 3 aromatic carbocycles. The minimum atomic E-state index is -1.29. The molecule has 2 unspecified atom stereocenters. The van der Waals surface area contributed by atoms with Gasteiger partial charge in [0.1, 0.15) is 5.75 Å². The quantitative estimate of drug-likeness (QED) is 0.174. The molecule has 0 amide bonds. The zero-order chi connectivity index (χ0) is 30.5. The number of rotatable bonds is 8. The number of carboxylic acid groups (broad SMARTS) is 1. The molecule has 224 valence electrons. The van der Waals surface area contributed by atoms with Crippen LogP contribution in [0.5, 0.6) is 5.75 Å². The summed E-state index contributed by atoms with van der Waals surface area (Å²) in [5, 5.41) is 22.2. The molecule has 6 atom stereocenters. The zero-order valence-electron chi connectivity index (χ0n) is 24.6. The number of hydrogen-bond acceptors (Lipinski definition) is 5. The van der Waals surface area contributed by atoms with E-state index in [9.17, 15) is 9.90 Å². The number of hydrogen-bond donors (Lipinski definition) is 2. The number of aliphatic hydroxyl groups excluding tert-OH is 1. The van der Waals surface area contributed by atoms with Crippen LogP contribution in [-0.4, -0.2) is 67.0 Å². The van der Waals surface area contributed by atoms with Gasteiger partial charge in [0, 0.05) is 24.2 Å². The molecule has 0 aliphatic carbocycles. The van der Waals surface area contributed by atoms with Gasteiger partial charge in [0.2, 0.25) is 0 Å². The summed E-state index contributed by atoms with van der Waals surface area (Å²) in [5.74, 6) is 1.14. The van der Waals surface area contributed by atoms with Gasteiger partial charge in [-0.2, -0.15) is 0 Å². The molecule has 6 nitrogen and oxygen atoms in total. The van der Waals surface area contributed by atoms with Gasteiger partial charge in [0.15, 0.2) is 0 Å². The molecule has 1 aromatic heterocycles. The fourth-order valence-electron chi connectivity index (χ4n) is 6.36. The number of halogens is 1. The second-order valence-corrected chi connectivity index (χ2v) is 17.3. The van der Waals surface area contributed by atoms with Gasteiger partial charge in [-0.25, -0.2) is 0 Å². The first-order valence-electron chi connectivity index (χ1n) is 14.7. The van der Waals surface area contributed by atoms with Crippen LogP contribution >= 0.6 is 15.9 Å². The van der Waals surface area contributed by atoms with Crippen molar-refractivity contribution in [1.29, 1.82) is 0 Å². The number of aromatic carboxylic acids is 1. The molecular weight excluding hydrogens is 667 g/mol. The monoisotopic (exact) mass is 704 g/mol. The van der Waals surface area contributed by atoms with E-state index in [2.05, 4.69) is 69.7 Å². The summed E-state index contributed by atoms with van der Waals surface area (Å²) in [6.45, 7) is 8.27. The maximum absolute atomic E-state index is 11.2. The third-order valence-electron chi connectivity index (χ3n) is 8.70.